The monoisotopic (exact) mass is 209 g/mol. The standard InChI is InChI=1S/3ClH.Fe.Ti/h3*1H;;/q;;;+3;/p-3. The maximum Gasteiger partial charge on any atom is 3.00 e. The van der Waals surface area contributed by atoms with Crippen molar-refractivity contribution >= 4 is 0 Å². The summed E-state index contributed by atoms with van der Waals surface area (Å²) in [5.74, 6) is 0. The molecule has 0 aliphatic heterocycles. The van der Waals surface area contributed by atoms with Crippen LogP contribution in [0.4, 0.5) is 0 Å². The van der Waals surface area contributed by atoms with Crippen molar-refractivity contribution in [1.29, 1.82) is 0 Å². The van der Waals surface area contributed by atoms with Gasteiger partial charge in [0.1, 0.15) is 0 Å². The number of rotatable bonds is 0. The van der Waals surface area contributed by atoms with E-state index in [0.717, 1.165) is 0 Å². The molecule has 0 heterocycles. The molecule has 0 bridgehead atoms. The molecular formula is Cl3FeTi. The maximum absolute atomic E-state index is 0. The molecule has 0 spiro atoms. The van der Waals surface area contributed by atoms with Crippen LogP contribution in [0.15, 0.2) is 0 Å². The fourth-order valence-electron chi connectivity index (χ4n) is 0. The van der Waals surface area contributed by atoms with E-state index in [1.54, 1.807) is 0 Å². The molecule has 5 heteroatoms. The second-order valence-corrected chi connectivity index (χ2v) is 0. The average molecular weight is 210 g/mol. The fraction of sp³-hybridized carbons (Fsp3) is 0. The quantitative estimate of drug-likeness (QED) is 0.348. The van der Waals surface area contributed by atoms with Gasteiger partial charge in [-0.3, -0.25) is 0 Å². The summed E-state index contributed by atoms with van der Waals surface area (Å²) in [6, 6.07) is 0. The SMILES string of the molecule is [Cl-].[Cl-].[Cl-].[Fe+3].[Ti]. The van der Waals surface area contributed by atoms with Crippen LogP contribution in [0.5, 0.6) is 0 Å². The van der Waals surface area contributed by atoms with Crippen molar-refractivity contribution < 1.29 is 76.0 Å². The number of hydrogen-bond donors (Lipinski definition) is 0. The van der Waals surface area contributed by atoms with Gasteiger partial charge in [-0.05, 0) is 0 Å². The third-order valence-electron chi connectivity index (χ3n) is 0. The van der Waals surface area contributed by atoms with Crippen LogP contribution in [0.3, 0.4) is 0 Å². The molecule has 0 nitrogen and oxygen atoms in total. The zero-order valence-corrected chi connectivity index (χ0v) is 6.92. The van der Waals surface area contributed by atoms with E-state index in [1.165, 1.54) is 0 Å². The molecular weight excluding hydrogens is 210 g/mol. The van der Waals surface area contributed by atoms with Gasteiger partial charge in [0.15, 0.2) is 0 Å². The Kier molecular flexibility index (Phi) is 430. The Morgan fingerprint density at radius 1 is 0.600 bits per heavy atom. The zero-order valence-electron chi connectivity index (χ0n) is 1.99. The summed E-state index contributed by atoms with van der Waals surface area (Å²) in [5, 5.41) is 0. The van der Waals surface area contributed by atoms with Gasteiger partial charge in [-0.2, -0.15) is 0 Å². The van der Waals surface area contributed by atoms with Crippen molar-refractivity contribution in [2.45, 2.75) is 0 Å². The second-order valence-electron chi connectivity index (χ2n) is 0. The minimum Gasteiger partial charge on any atom is -1.00 e. The summed E-state index contributed by atoms with van der Waals surface area (Å²) in [4.78, 5) is 0. The van der Waals surface area contributed by atoms with Gasteiger partial charge in [-0.1, -0.05) is 0 Å². The van der Waals surface area contributed by atoms with Crippen LogP contribution in [0.1, 0.15) is 0 Å². The molecule has 0 aromatic heterocycles. The smallest absolute Gasteiger partial charge is 1.00 e. The Morgan fingerprint density at radius 3 is 0.600 bits per heavy atom. The van der Waals surface area contributed by atoms with Crippen molar-refractivity contribution in [2.24, 2.45) is 0 Å². The van der Waals surface area contributed by atoms with E-state index in [4.69, 9.17) is 0 Å². The summed E-state index contributed by atoms with van der Waals surface area (Å²) in [6.07, 6.45) is 0. The minimum atomic E-state index is 0. The molecule has 0 N–H and O–H groups in total. The van der Waals surface area contributed by atoms with Crippen molar-refractivity contribution in [3.05, 3.63) is 0 Å². The summed E-state index contributed by atoms with van der Waals surface area (Å²) in [7, 11) is 0. The Bertz CT molecular complexity index is 6.85. The first-order valence-corrected chi connectivity index (χ1v) is 0. The molecule has 0 aliphatic carbocycles. The molecule has 0 aromatic rings. The van der Waals surface area contributed by atoms with E-state index in [-0.39, 0.29) is 76.0 Å². The summed E-state index contributed by atoms with van der Waals surface area (Å²) in [6.45, 7) is 0. The summed E-state index contributed by atoms with van der Waals surface area (Å²) < 4.78 is 0. The van der Waals surface area contributed by atoms with Crippen molar-refractivity contribution in [3.63, 3.8) is 0 Å². The fourth-order valence-corrected chi connectivity index (χ4v) is 0. The molecule has 0 unspecified atom stereocenters. The van der Waals surface area contributed by atoms with Gasteiger partial charge >= 0.3 is 17.1 Å². The van der Waals surface area contributed by atoms with Gasteiger partial charge in [0.05, 0.1) is 0 Å². The Hall–Kier alpha value is 2.10. The van der Waals surface area contributed by atoms with E-state index in [1.807, 2.05) is 0 Å². The predicted octanol–water partition coefficient (Wildman–Crippen LogP) is -8.99. The number of hydrogen-bond acceptors (Lipinski definition) is 0. The first-order valence-electron chi connectivity index (χ1n) is 0. The van der Waals surface area contributed by atoms with Crippen LogP contribution in [0, 0.1) is 0 Å². The molecule has 0 rings (SSSR count). The molecule has 0 aromatic carbocycles. The van der Waals surface area contributed by atoms with Gasteiger partial charge < -0.3 is 37.2 Å². The third-order valence-corrected chi connectivity index (χ3v) is 0. The Morgan fingerprint density at radius 2 is 0.600 bits per heavy atom. The molecule has 0 amide bonds. The average Bonchev–Trinajstić information content (AvgIpc) is 0. The van der Waals surface area contributed by atoms with Crippen LogP contribution in [0.25, 0.3) is 0 Å². The van der Waals surface area contributed by atoms with Crippen LogP contribution in [-0.4, -0.2) is 0 Å². The first kappa shape index (κ1) is 59.8. The van der Waals surface area contributed by atoms with E-state index in [9.17, 15) is 0 Å². The second kappa shape index (κ2) is 35.9. The van der Waals surface area contributed by atoms with Crippen molar-refractivity contribution in [2.75, 3.05) is 0 Å². The molecule has 1 radical (unpaired) electrons. The number of halogens is 3. The van der Waals surface area contributed by atoms with Crippen LogP contribution in [0.2, 0.25) is 0 Å². The first-order chi connectivity index (χ1) is 0. The molecule has 0 saturated heterocycles. The largest absolute Gasteiger partial charge is 3.00 e. The maximum atomic E-state index is 0. The normalized spacial score (nSPS) is 0. The van der Waals surface area contributed by atoms with E-state index < -0.39 is 0 Å². The predicted molar refractivity (Wildman–Crippen MR) is 0 cm³/mol. The van der Waals surface area contributed by atoms with Gasteiger partial charge in [-0.15, -0.1) is 0 Å². The summed E-state index contributed by atoms with van der Waals surface area (Å²) >= 11 is 0. The van der Waals surface area contributed by atoms with E-state index in [2.05, 4.69) is 0 Å². The van der Waals surface area contributed by atoms with Gasteiger partial charge in [0.25, 0.3) is 0 Å². The molecule has 33 valence electrons. The van der Waals surface area contributed by atoms with E-state index in [0.29, 0.717) is 0 Å². The van der Waals surface area contributed by atoms with Crippen molar-refractivity contribution in [1.82, 2.24) is 0 Å². The van der Waals surface area contributed by atoms with Crippen LogP contribution < -0.4 is 37.2 Å². The van der Waals surface area contributed by atoms with E-state index >= 15 is 0 Å². The molecule has 0 fully saturated rings. The zero-order chi connectivity index (χ0) is 0. The van der Waals surface area contributed by atoms with Gasteiger partial charge in [0, 0.05) is 21.7 Å². The Labute approximate surface area is 75.4 Å². The molecule has 0 aliphatic rings. The summed E-state index contributed by atoms with van der Waals surface area (Å²) in [5.41, 5.74) is 0. The molecule has 0 saturated carbocycles. The third kappa shape index (κ3) is 23.2. The minimum absolute atomic E-state index is 0. The van der Waals surface area contributed by atoms with Gasteiger partial charge in [-0.25, -0.2) is 0 Å². The molecule has 0 atom stereocenters. The topological polar surface area (TPSA) is 0 Å². The Balaban J connectivity index is 0. The van der Waals surface area contributed by atoms with Crippen LogP contribution in [-0.2, 0) is 38.8 Å². The van der Waals surface area contributed by atoms with Gasteiger partial charge in [0.2, 0.25) is 0 Å². The molecule has 5 heavy (non-hydrogen) atoms. The van der Waals surface area contributed by atoms with Crippen molar-refractivity contribution in [3.8, 4) is 0 Å². The van der Waals surface area contributed by atoms with Crippen LogP contribution >= 0.6 is 0 Å².